The molecule has 1 unspecified atom stereocenters. The number of ether oxygens (including phenoxy) is 2. The van der Waals surface area contributed by atoms with Crippen LogP contribution in [0.2, 0.25) is 0 Å². The second-order valence-electron chi connectivity index (χ2n) is 5.40. The molecule has 0 aromatic rings. The van der Waals surface area contributed by atoms with Crippen LogP contribution in [0.25, 0.3) is 0 Å². The highest BCUT2D eigenvalue weighted by molar-refractivity contribution is 5.08. The van der Waals surface area contributed by atoms with Gasteiger partial charge in [0.05, 0.1) is 18.8 Å². The van der Waals surface area contributed by atoms with Gasteiger partial charge in [-0.2, -0.15) is 0 Å². The van der Waals surface area contributed by atoms with Gasteiger partial charge in [-0.05, 0) is 51.1 Å². The normalized spacial score (nSPS) is 28.4. The summed E-state index contributed by atoms with van der Waals surface area (Å²) in [5.41, 5.74) is 0. The van der Waals surface area contributed by atoms with Crippen molar-refractivity contribution in [3.63, 3.8) is 0 Å². The molecule has 0 radical (unpaired) electrons. The molecule has 1 aliphatic heterocycles. The molecular weight excluding hydrogens is 226 g/mol. The molecule has 104 valence electrons. The van der Waals surface area contributed by atoms with Crippen LogP contribution in [0.4, 0.5) is 0 Å². The van der Waals surface area contributed by atoms with Gasteiger partial charge in [-0.25, -0.2) is 0 Å². The Morgan fingerprint density at radius 1 is 1.44 bits per heavy atom. The summed E-state index contributed by atoms with van der Waals surface area (Å²) < 4.78 is 11.4. The smallest absolute Gasteiger partial charge is 0.109 e. The molecule has 1 fully saturated rings. The molecule has 18 heavy (non-hydrogen) atoms. The van der Waals surface area contributed by atoms with Crippen LogP contribution in [-0.4, -0.2) is 31.9 Å². The maximum Gasteiger partial charge on any atom is 0.109 e. The van der Waals surface area contributed by atoms with E-state index in [0.29, 0.717) is 12.1 Å². The molecule has 2 rings (SSSR count). The second-order valence-corrected chi connectivity index (χ2v) is 5.40. The molecule has 3 nitrogen and oxygen atoms in total. The van der Waals surface area contributed by atoms with Gasteiger partial charge in [0.15, 0.2) is 0 Å². The molecular formula is C15H27NO2. The van der Waals surface area contributed by atoms with Crippen LogP contribution in [0, 0.1) is 5.92 Å². The van der Waals surface area contributed by atoms with Crippen molar-refractivity contribution in [1.29, 1.82) is 0 Å². The molecule has 0 aromatic carbocycles. The lowest BCUT2D eigenvalue weighted by Crippen LogP contribution is -2.39. The standard InChI is InChI=1S/C15H27NO2/c1-3-7-16-14(15-6-5-8-18-15)11-12-9-13(10-12)17-4-2/h6,12-14,16H,3-5,7-11H2,1-2H3. The van der Waals surface area contributed by atoms with Crippen LogP contribution in [0.3, 0.4) is 0 Å². The average molecular weight is 253 g/mol. The van der Waals surface area contributed by atoms with Crippen molar-refractivity contribution >= 4 is 0 Å². The van der Waals surface area contributed by atoms with Crippen LogP contribution in [-0.2, 0) is 9.47 Å². The van der Waals surface area contributed by atoms with E-state index in [0.717, 1.165) is 32.1 Å². The van der Waals surface area contributed by atoms with Crippen LogP contribution in [0.5, 0.6) is 0 Å². The summed E-state index contributed by atoms with van der Waals surface area (Å²) in [5, 5.41) is 3.62. The summed E-state index contributed by atoms with van der Waals surface area (Å²) in [6.45, 7) is 7.08. The van der Waals surface area contributed by atoms with Crippen molar-refractivity contribution in [2.75, 3.05) is 19.8 Å². The molecule has 0 spiro atoms. The zero-order chi connectivity index (χ0) is 12.8. The average Bonchev–Trinajstić information content (AvgIpc) is 2.84. The topological polar surface area (TPSA) is 30.5 Å². The number of hydrogen-bond acceptors (Lipinski definition) is 3. The van der Waals surface area contributed by atoms with Crippen LogP contribution >= 0.6 is 0 Å². The molecule has 0 saturated heterocycles. The predicted molar refractivity (Wildman–Crippen MR) is 73.5 cm³/mol. The van der Waals surface area contributed by atoms with Crippen molar-refractivity contribution in [3.8, 4) is 0 Å². The molecule has 1 N–H and O–H groups in total. The Morgan fingerprint density at radius 2 is 2.28 bits per heavy atom. The van der Waals surface area contributed by atoms with E-state index in [1.54, 1.807) is 0 Å². The van der Waals surface area contributed by atoms with Gasteiger partial charge in [-0.15, -0.1) is 0 Å². The minimum atomic E-state index is 0.431. The first kappa shape index (κ1) is 13.9. The fourth-order valence-electron chi connectivity index (χ4n) is 2.87. The Balaban J connectivity index is 1.75. The Morgan fingerprint density at radius 3 is 2.89 bits per heavy atom. The first-order valence-corrected chi connectivity index (χ1v) is 7.51. The molecule has 1 atom stereocenters. The summed E-state index contributed by atoms with van der Waals surface area (Å²) in [7, 11) is 0. The minimum Gasteiger partial charge on any atom is -0.496 e. The number of nitrogens with one attached hydrogen (secondary N) is 1. The quantitative estimate of drug-likeness (QED) is 0.721. The van der Waals surface area contributed by atoms with Crippen molar-refractivity contribution in [1.82, 2.24) is 5.32 Å². The highest BCUT2D eigenvalue weighted by Crippen LogP contribution is 2.35. The third kappa shape index (κ3) is 3.72. The Bertz CT molecular complexity index is 272. The van der Waals surface area contributed by atoms with Gasteiger partial charge < -0.3 is 14.8 Å². The van der Waals surface area contributed by atoms with Gasteiger partial charge in [-0.1, -0.05) is 6.92 Å². The lowest BCUT2D eigenvalue weighted by Gasteiger charge is -2.37. The first-order chi connectivity index (χ1) is 8.83. The van der Waals surface area contributed by atoms with Crippen LogP contribution < -0.4 is 5.32 Å². The van der Waals surface area contributed by atoms with E-state index in [4.69, 9.17) is 9.47 Å². The van der Waals surface area contributed by atoms with Gasteiger partial charge in [0.1, 0.15) is 5.76 Å². The summed E-state index contributed by atoms with van der Waals surface area (Å²) in [5.74, 6) is 1.99. The maximum absolute atomic E-state index is 5.72. The van der Waals surface area contributed by atoms with Crippen molar-refractivity contribution in [3.05, 3.63) is 11.8 Å². The van der Waals surface area contributed by atoms with E-state index < -0.39 is 0 Å². The second kappa shape index (κ2) is 7.15. The Labute approximate surface area is 111 Å². The highest BCUT2D eigenvalue weighted by Gasteiger charge is 2.32. The third-order valence-corrected chi connectivity index (χ3v) is 3.88. The maximum atomic E-state index is 5.72. The molecule has 0 aromatic heterocycles. The summed E-state index contributed by atoms with van der Waals surface area (Å²) in [6.07, 6.45) is 8.69. The summed E-state index contributed by atoms with van der Waals surface area (Å²) >= 11 is 0. The number of hydrogen-bond donors (Lipinski definition) is 1. The van der Waals surface area contributed by atoms with E-state index in [9.17, 15) is 0 Å². The minimum absolute atomic E-state index is 0.431. The van der Waals surface area contributed by atoms with Gasteiger partial charge >= 0.3 is 0 Å². The van der Waals surface area contributed by atoms with E-state index >= 15 is 0 Å². The van der Waals surface area contributed by atoms with Gasteiger partial charge in [0, 0.05) is 13.0 Å². The molecule has 3 heteroatoms. The third-order valence-electron chi connectivity index (χ3n) is 3.88. The molecule has 1 aliphatic carbocycles. The lowest BCUT2D eigenvalue weighted by atomic mass is 9.78. The van der Waals surface area contributed by atoms with Gasteiger partial charge in [0.25, 0.3) is 0 Å². The zero-order valence-corrected chi connectivity index (χ0v) is 11.8. The molecule has 2 aliphatic rings. The van der Waals surface area contributed by atoms with Crippen LogP contribution in [0.1, 0.15) is 46.0 Å². The van der Waals surface area contributed by atoms with E-state index in [1.807, 2.05) is 0 Å². The fourth-order valence-corrected chi connectivity index (χ4v) is 2.87. The summed E-state index contributed by atoms with van der Waals surface area (Å²) in [6, 6.07) is 0.431. The van der Waals surface area contributed by atoms with Crippen molar-refractivity contribution < 1.29 is 9.47 Å². The summed E-state index contributed by atoms with van der Waals surface area (Å²) in [4.78, 5) is 0. The zero-order valence-electron chi connectivity index (χ0n) is 11.8. The molecule has 0 bridgehead atoms. The SMILES string of the molecule is CCCNC(CC1CC(OCC)C1)C1=CCCO1. The van der Waals surface area contributed by atoms with Crippen LogP contribution in [0.15, 0.2) is 11.8 Å². The largest absolute Gasteiger partial charge is 0.496 e. The Hall–Kier alpha value is -0.540. The van der Waals surface area contributed by atoms with Gasteiger partial charge in [0.2, 0.25) is 0 Å². The van der Waals surface area contributed by atoms with E-state index in [1.165, 1.54) is 31.4 Å². The van der Waals surface area contributed by atoms with Crippen molar-refractivity contribution in [2.45, 2.75) is 58.1 Å². The highest BCUT2D eigenvalue weighted by atomic mass is 16.5. The van der Waals surface area contributed by atoms with E-state index in [-0.39, 0.29) is 0 Å². The van der Waals surface area contributed by atoms with Crippen molar-refractivity contribution in [2.24, 2.45) is 5.92 Å². The monoisotopic (exact) mass is 253 g/mol. The predicted octanol–water partition coefficient (Wildman–Crippen LogP) is 2.86. The first-order valence-electron chi connectivity index (χ1n) is 7.51. The lowest BCUT2D eigenvalue weighted by molar-refractivity contribution is -0.0293. The molecule has 0 amide bonds. The van der Waals surface area contributed by atoms with E-state index in [2.05, 4.69) is 25.2 Å². The molecule has 1 saturated carbocycles. The molecule has 1 heterocycles. The Kier molecular flexibility index (Phi) is 5.51. The number of rotatable bonds is 8. The fraction of sp³-hybridized carbons (Fsp3) is 0.867. The van der Waals surface area contributed by atoms with Gasteiger partial charge in [-0.3, -0.25) is 0 Å².